The first kappa shape index (κ1) is 11.0. The lowest BCUT2D eigenvalue weighted by Crippen LogP contribution is -2.07. The summed E-state index contributed by atoms with van der Waals surface area (Å²) < 4.78 is 1.85. The zero-order valence-electron chi connectivity index (χ0n) is 10.5. The Morgan fingerprint density at radius 1 is 1.39 bits per heavy atom. The lowest BCUT2D eigenvalue weighted by molar-refractivity contribution is 0.608. The number of fused-ring (bicyclic) bond motifs is 3. The standard InChI is InChI=1S/C14H15N3O/c1-3-7-17-8-10-12-9(2)5-4-6-11(12)15-14(18)13(10)16-17/h4-6,8H,3,7H2,1-2H3,(H,15,18). The van der Waals surface area contributed by atoms with Crippen molar-refractivity contribution in [3.63, 3.8) is 0 Å². The third kappa shape index (κ3) is 1.53. The van der Waals surface area contributed by atoms with Crippen LogP contribution in [0.4, 0.5) is 0 Å². The molecule has 3 rings (SSSR count). The summed E-state index contributed by atoms with van der Waals surface area (Å²) in [5.74, 6) is 0. The molecule has 92 valence electrons. The molecule has 0 spiro atoms. The van der Waals surface area contributed by atoms with Crippen molar-refractivity contribution < 1.29 is 0 Å². The second-order valence-electron chi connectivity index (χ2n) is 4.61. The van der Waals surface area contributed by atoms with Gasteiger partial charge in [-0.15, -0.1) is 0 Å². The quantitative estimate of drug-likeness (QED) is 0.749. The molecular weight excluding hydrogens is 226 g/mol. The van der Waals surface area contributed by atoms with Crippen molar-refractivity contribution >= 4 is 21.8 Å². The summed E-state index contributed by atoms with van der Waals surface area (Å²) in [6, 6.07) is 5.94. The highest BCUT2D eigenvalue weighted by molar-refractivity contribution is 6.05. The van der Waals surface area contributed by atoms with Crippen LogP contribution in [0, 0.1) is 6.92 Å². The van der Waals surface area contributed by atoms with Gasteiger partial charge in [-0.3, -0.25) is 9.48 Å². The molecule has 0 radical (unpaired) electrons. The largest absolute Gasteiger partial charge is 0.320 e. The van der Waals surface area contributed by atoms with E-state index < -0.39 is 0 Å². The van der Waals surface area contributed by atoms with Crippen molar-refractivity contribution in [2.45, 2.75) is 26.8 Å². The van der Waals surface area contributed by atoms with Gasteiger partial charge in [0.25, 0.3) is 5.56 Å². The molecule has 1 N–H and O–H groups in total. The molecule has 0 saturated carbocycles. The van der Waals surface area contributed by atoms with E-state index in [2.05, 4.69) is 30.0 Å². The first-order valence-electron chi connectivity index (χ1n) is 6.19. The molecule has 2 heterocycles. The lowest BCUT2D eigenvalue weighted by Gasteiger charge is -2.01. The summed E-state index contributed by atoms with van der Waals surface area (Å²) in [7, 11) is 0. The fourth-order valence-electron chi connectivity index (χ4n) is 2.43. The normalized spacial score (nSPS) is 11.4. The average molecular weight is 241 g/mol. The van der Waals surface area contributed by atoms with E-state index in [1.54, 1.807) is 0 Å². The molecule has 0 amide bonds. The molecule has 2 aromatic heterocycles. The molecule has 3 aromatic rings. The van der Waals surface area contributed by atoms with E-state index in [1.165, 1.54) is 0 Å². The van der Waals surface area contributed by atoms with Gasteiger partial charge < -0.3 is 4.98 Å². The predicted molar refractivity (Wildman–Crippen MR) is 72.9 cm³/mol. The van der Waals surface area contributed by atoms with E-state index in [9.17, 15) is 4.79 Å². The average Bonchev–Trinajstić information content (AvgIpc) is 2.74. The third-order valence-corrected chi connectivity index (χ3v) is 3.22. The van der Waals surface area contributed by atoms with Crippen LogP contribution in [0.2, 0.25) is 0 Å². The van der Waals surface area contributed by atoms with Crippen LogP contribution in [-0.4, -0.2) is 14.8 Å². The number of aromatic nitrogens is 3. The van der Waals surface area contributed by atoms with Crippen LogP contribution < -0.4 is 5.56 Å². The number of aryl methyl sites for hydroxylation is 2. The molecule has 0 aliphatic carbocycles. The maximum absolute atomic E-state index is 12.0. The van der Waals surface area contributed by atoms with Crippen molar-refractivity contribution in [2.75, 3.05) is 0 Å². The van der Waals surface area contributed by atoms with Crippen molar-refractivity contribution in [2.24, 2.45) is 0 Å². The first-order valence-corrected chi connectivity index (χ1v) is 6.19. The van der Waals surface area contributed by atoms with Crippen molar-refractivity contribution in [3.05, 3.63) is 40.3 Å². The van der Waals surface area contributed by atoms with E-state index in [1.807, 2.05) is 23.0 Å². The first-order chi connectivity index (χ1) is 8.70. The van der Waals surface area contributed by atoms with Crippen LogP contribution in [0.15, 0.2) is 29.2 Å². The number of benzene rings is 1. The fourth-order valence-corrected chi connectivity index (χ4v) is 2.43. The molecule has 0 aliphatic rings. The topological polar surface area (TPSA) is 50.7 Å². The van der Waals surface area contributed by atoms with Crippen LogP contribution in [-0.2, 0) is 6.54 Å². The molecule has 4 heteroatoms. The minimum Gasteiger partial charge on any atom is -0.320 e. The van der Waals surface area contributed by atoms with Gasteiger partial charge in [0.15, 0.2) is 5.52 Å². The molecule has 1 aromatic carbocycles. The number of aromatic amines is 1. The molecule has 0 unspecified atom stereocenters. The Balaban J connectivity index is 2.47. The molecule has 0 bridgehead atoms. The van der Waals surface area contributed by atoms with Gasteiger partial charge in [0.05, 0.1) is 0 Å². The Labute approximate surface area is 104 Å². The second-order valence-corrected chi connectivity index (χ2v) is 4.61. The van der Waals surface area contributed by atoms with Crippen LogP contribution in [0.5, 0.6) is 0 Å². The van der Waals surface area contributed by atoms with E-state index in [4.69, 9.17) is 0 Å². The summed E-state index contributed by atoms with van der Waals surface area (Å²) in [5.41, 5.74) is 2.46. The Hall–Kier alpha value is -2.10. The summed E-state index contributed by atoms with van der Waals surface area (Å²) in [6.45, 7) is 4.98. The van der Waals surface area contributed by atoms with Gasteiger partial charge in [-0.25, -0.2) is 0 Å². The van der Waals surface area contributed by atoms with E-state index in [-0.39, 0.29) is 5.56 Å². The molecule has 0 saturated heterocycles. The summed E-state index contributed by atoms with van der Waals surface area (Å²) in [5, 5.41) is 6.40. The number of nitrogens with zero attached hydrogens (tertiary/aromatic N) is 2. The predicted octanol–water partition coefficient (Wildman–Crippen LogP) is 2.60. The Morgan fingerprint density at radius 3 is 3.00 bits per heavy atom. The summed E-state index contributed by atoms with van der Waals surface area (Å²) in [6.07, 6.45) is 2.98. The maximum Gasteiger partial charge on any atom is 0.276 e. The van der Waals surface area contributed by atoms with E-state index >= 15 is 0 Å². The van der Waals surface area contributed by atoms with Gasteiger partial charge in [-0.2, -0.15) is 5.10 Å². The van der Waals surface area contributed by atoms with Crippen LogP contribution >= 0.6 is 0 Å². The highest BCUT2D eigenvalue weighted by atomic mass is 16.1. The SMILES string of the molecule is CCCn1cc2c(n1)c(=O)[nH]c1cccc(C)c12. The maximum atomic E-state index is 12.0. The molecule has 4 nitrogen and oxygen atoms in total. The highest BCUT2D eigenvalue weighted by Gasteiger charge is 2.10. The zero-order valence-corrected chi connectivity index (χ0v) is 10.5. The minimum absolute atomic E-state index is 0.113. The van der Waals surface area contributed by atoms with Crippen molar-refractivity contribution in [1.29, 1.82) is 0 Å². The van der Waals surface area contributed by atoms with E-state index in [0.717, 1.165) is 34.8 Å². The third-order valence-electron chi connectivity index (χ3n) is 3.22. The van der Waals surface area contributed by atoms with Crippen LogP contribution in [0.25, 0.3) is 21.8 Å². The summed E-state index contributed by atoms with van der Waals surface area (Å²) in [4.78, 5) is 14.9. The lowest BCUT2D eigenvalue weighted by atomic mass is 10.1. The second kappa shape index (κ2) is 3.98. The number of rotatable bonds is 2. The smallest absolute Gasteiger partial charge is 0.276 e. The van der Waals surface area contributed by atoms with Gasteiger partial charge in [0.2, 0.25) is 0 Å². The molecule has 0 aliphatic heterocycles. The van der Waals surface area contributed by atoms with Gasteiger partial charge in [0.1, 0.15) is 0 Å². The number of hydrogen-bond acceptors (Lipinski definition) is 2. The molecular formula is C14H15N3O. The highest BCUT2D eigenvalue weighted by Crippen LogP contribution is 2.23. The molecule has 0 fully saturated rings. The molecule has 18 heavy (non-hydrogen) atoms. The van der Waals surface area contributed by atoms with Crippen molar-refractivity contribution in [1.82, 2.24) is 14.8 Å². The summed E-state index contributed by atoms with van der Waals surface area (Å²) >= 11 is 0. The number of pyridine rings is 1. The number of H-pyrrole nitrogens is 1. The van der Waals surface area contributed by atoms with Crippen LogP contribution in [0.3, 0.4) is 0 Å². The Bertz CT molecular complexity index is 783. The van der Waals surface area contributed by atoms with Crippen LogP contribution in [0.1, 0.15) is 18.9 Å². The van der Waals surface area contributed by atoms with Gasteiger partial charge in [0, 0.05) is 29.0 Å². The number of nitrogens with one attached hydrogen (secondary N) is 1. The molecule has 0 atom stereocenters. The monoisotopic (exact) mass is 241 g/mol. The van der Waals surface area contributed by atoms with Gasteiger partial charge in [-0.1, -0.05) is 19.1 Å². The van der Waals surface area contributed by atoms with Crippen molar-refractivity contribution in [3.8, 4) is 0 Å². The zero-order chi connectivity index (χ0) is 12.7. The fraction of sp³-hybridized carbons (Fsp3) is 0.286. The van der Waals surface area contributed by atoms with Gasteiger partial charge >= 0.3 is 0 Å². The number of hydrogen-bond donors (Lipinski definition) is 1. The Kier molecular flexibility index (Phi) is 2.44. The minimum atomic E-state index is -0.113. The van der Waals surface area contributed by atoms with E-state index in [0.29, 0.717) is 5.52 Å². The Morgan fingerprint density at radius 2 is 2.22 bits per heavy atom. The van der Waals surface area contributed by atoms with Gasteiger partial charge in [-0.05, 0) is 25.0 Å².